The first-order chi connectivity index (χ1) is 12.1. The summed E-state index contributed by atoms with van der Waals surface area (Å²) in [5, 5.41) is 2.90. The third-order valence-corrected chi connectivity index (χ3v) is 3.39. The molecular formula is C12H29N3O10S2. The molecule has 164 valence electrons. The number of nitrogens with two attached hydrogens (primary N) is 1. The van der Waals surface area contributed by atoms with Crippen LogP contribution in [0.1, 0.15) is 20.3 Å². The summed E-state index contributed by atoms with van der Waals surface area (Å²) >= 11 is 0. The molecule has 1 aliphatic heterocycles. The summed E-state index contributed by atoms with van der Waals surface area (Å²) in [7, 11) is -9.33. The molecule has 0 aliphatic carbocycles. The second-order valence-corrected chi connectivity index (χ2v) is 7.34. The van der Waals surface area contributed by atoms with Gasteiger partial charge in [-0.05, 0) is 5.92 Å². The van der Waals surface area contributed by atoms with Crippen molar-refractivity contribution in [3.63, 3.8) is 0 Å². The molecule has 7 N–H and O–H groups in total. The van der Waals surface area contributed by atoms with Gasteiger partial charge in [0.15, 0.2) is 0 Å². The zero-order valence-electron chi connectivity index (χ0n) is 15.2. The van der Waals surface area contributed by atoms with E-state index in [0.29, 0.717) is 6.54 Å². The number of nitrogens with zero attached hydrogens (tertiary/aromatic N) is 1. The predicted octanol–water partition coefficient (Wildman–Crippen LogP) is -1.50. The first-order valence-electron chi connectivity index (χ1n) is 7.88. The lowest BCUT2D eigenvalue weighted by molar-refractivity contribution is -0.123. The first-order valence-corrected chi connectivity index (χ1v) is 10.7. The van der Waals surface area contributed by atoms with E-state index < -0.39 is 20.8 Å². The first kappa shape index (κ1) is 28.3. The Morgan fingerprint density at radius 3 is 1.89 bits per heavy atom. The highest BCUT2D eigenvalue weighted by Gasteiger charge is 2.19. The molecule has 0 radical (unpaired) electrons. The Morgan fingerprint density at radius 1 is 1.11 bits per heavy atom. The number of carbonyl (C=O) groups excluding carboxylic acids is 1. The molecule has 2 atom stereocenters. The number of hydrogen-bond acceptors (Lipinski definition) is 8. The third-order valence-electron chi connectivity index (χ3n) is 3.39. The van der Waals surface area contributed by atoms with Gasteiger partial charge in [-0.25, -0.2) is 0 Å². The van der Waals surface area contributed by atoms with Gasteiger partial charge in [-0.15, -0.1) is 0 Å². The van der Waals surface area contributed by atoms with Crippen LogP contribution in [-0.2, 0) is 30.3 Å². The maximum Gasteiger partial charge on any atom is 0.394 e. The number of rotatable bonds is 6. The summed E-state index contributed by atoms with van der Waals surface area (Å²) in [6.45, 7) is 9.09. The quantitative estimate of drug-likeness (QED) is 0.261. The Labute approximate surface area is 159 Å². The van der Waals surface area contributed by atoms with Crippen LogP contribution in [0.25, 0.3) is 0 Å². The van der Waals surface area contributed by atoms with Crippen LogP contribution >= 0.6 is 0 Å². The Hall–Kier alpha value is -0.910. The molecule has 15 heteroatoms. The monoisotopic (exact) mass is 439 g/mol. The van der Waals surface area contributed by atoms with Crippen molar-refractivity contribution >= 4 is 26.7 Å². The molecule has 1 aliphatic rings. The summed E-state index contributed by atoms with van der Waals surface area (Å²) in [4.78, 5) is 14.0. The lowest BCUT2D eigenvalue weighted by Crippen LogP contribution is -2.47. The fourth-order valence-corrected chi connectivity index (χ4v) is 1.79. The van der Waals surface area contributed by atoms with Gasteiger partial charge in [0.25, 0.3) is 0 Å². The van der Waals surface area contributed by atoms with E-state index in [1.807, 2.05) is 13.8 Å². The van der Waals surface area contributed by atoms with Gasteiger partial charge in [0, 0.05) is 26.2 Å². The van der Waals surface area contributed by atoms with Crippen molar-refractivity contribution in [2.75, 3.05) is 39.4 Å². The Bertz CT molecular complexity index is 559. The van der Waals surface area contributed by atoms with Crippen LogP contribution in [0.2, 0.25) is 0 Å². The van der Waals surface area contributed by atoms with Gasteiger partial charge < -0.3 is 15.8 Å². The van der Waals surface area contributed by atoms with Gasteiger partial charge in [-0.2, -0.15) is 16.8 Å². The van der Waals surface area contributed by atoms with Crippen LogP contribution in [-0.4, -0.2) is 91.3 Å². The summed E-state index contributed by atoms with van der Waals surface area (Å²) in [5.41, 5.74) is 5.84. The van der Waals surface area contributed by atoms with Crippen molar-refractivity contribution < 1.29 is 44.6 Å². The van der Waals surface area contributed by atoms with Crippen LogP contribution in [0.5, 0.6) is 0 Å². The van der Waals surface area contributed by atoms with Gasteiger partial charge in [0.1, 0.15) is 0 Å². The molecule has 13 nitrogen and oxygen atoms in total. The van der Waals surface area contributed by atoms with E-state index in [0.717, 1.165) is 39.3 Å². The number of carbonyl (C=O) groups is 1. The molecule has 1 fully saturated rings. The predicted molar refractivity (Wildman–Crippen MR) is 96.1 cm³/mol. The standard InChI is InChI=1S/C12H25N3O2.2H2O4S/c1-3-10(2)11(13)12(16)14-4-5-15-6-8-17-9-7-15;2*1-5(2,3)4/h10-11H,3-9,13H2,1-2H3,(H,14,16);2*(H2,1,2,3,4)/t10-,11-;;/m0../s1. The normalized spacial score (nSPS) is 17.4. The maximum atomic E-state index is 11.7. The Kier molecular flexibility index (Phi) is 14.8. The highest BCUT2D eigenvalue weighted by Crippen LogP contribution is 2.04. The van der Waals surface area contributed by atoms with Crippen LogP contribution in [0, 0.1) is 5.92 Å². The fraction of sp³-hybridized carbons (Fsp3) is 0.917. The molecule has 1 amide bonds. The summed E-state index contributed by atoms with van der Waals surface area (Å²) in [5.74, 6) is 0.200. The van der Waals surface area contributed by atoms with E-state index >= 15 is 0 Å². The molecule has 0 unspecified atom stereocenters. The minimum atomic E-state index is -4.67. The van der Waals surface area contributed by atoms with E-state index in [-0.39, 0.29) is 17.9 Å². The second kappa shape index (κ2) is 14.1. The molecule has 27 heavy (non-hydrogen) atoms. The van der Waals surface area contributed by atoms with Crippen molar-refractivity contribution in [3.8, 4) is 0 Å². The van der Waals surface area contributed by atoms with E-state index in [4.69, 9.17) is 45.5 Å². The van der Waals surface area contributed by atoms with Gasteiger partial charge >= 0.3 is 20.8 Å². The number of ether oxygens (including phenoxy) is 1. The average molecular weight is 440 g/mol. The average Bonchev–Trinajstić information content (AvgIpc) is 2.51. The summed E-state index contributed by atoms with van der Waals surface area (Å²) < 4.78 is 68.4. The zero-order valence-corrected chi connectivity index (χ0v) is 16.8. The minimum Gasteiger partial charge on any atom is -0.379 e. The third kappa shape index (κ3) is 25.1. The van der Waals surface area contributed by atoms with Gasteiger partial charge in [0.2, 0.25) is 5.91 Å². The lowest BCUT2D eigenvalue weighted by Gasteiger charge is -2.27. The summed E-state index contributed by atoms with van der Waals surface area (Å²) in [6, 6.07) is -0.385. The highest BCUT2D eigenvalue weighted by atomic mass is 32.3. The number of amides is 1. The molecule has 0 aromatic rings. The molecule has 0 spiro atoms. The molecular weight excluding hydrogens is 410 g/mol. The number of morpholine rings is 1. The Balaban J connectivity index is 0. The lowest BCUT2D eigenvalue weighted by atomic mass is 9.99. The fourth-order valence-electron chi connectivity index (χ4n) is 1.79. The Morgan fingerprint density at radius 2 is 1.52 bits per heavy atom. The van der Waals surface area contributed by atoms with Gasteiger partial charge in [-0.3, -0.25) is 27.9 Å². The number of nitrogens with one attached hydrogen (secondary N) is 1. The summed E-state index contributed by atoms with van der Waals surface area (Å²) in [6.07, 6.45) is 0.929. The van der Waals surface area contributed by atoms with Crippen molar-refractivity contribution in [2.45, 2.75) is 26.3 Å². The van der Waals surface area contributed by atoms with E-state index in [2.05, 4.69) is 10.2 Å². The SMILES string of the molecule is CC[C@H](C)[C@H](N)C(=O)NCCN1CCOCC1.O=S(=O)(O)O.O=S(=O)(O)O. The van der Waals surface area contributed by atoms with Crippen LogP contribution in [0.15, 0.2) is 0 Å². The molecule has 1 saturated heterocycles. The highest BCUT2D eigenvalue weighted by molar-refractivity contribution is 7.80. The smallest absolute Gasteiger partial charge is 0.379 e. The van der Waals surface area contributed by atoms with Gasteiger partial charge in [0.05, 0.1) is 19.3 Å². The topological polar surface area (TPSA) is 217 Å². The molecule has 1 heterocycles. The van der Waals surface area contributed by atoms with Crippen molar-refractivity contribution in [1.82, 2.24) is 10.2 Å². The van der Waals surface area contributed by atoms with E-state index in [9.17, 15) is 4.79 Å². The molecule has 0 aromatic carbocycles. The van der Waals surface area contributed by atoms with E-state index in [1.165, 1.54) is 0 Å². The second-order valence-electron chi connectivity index (χ2n) is 5.55. The van der Waals surface area contributed by atoms with Gasteiger partial charge in [-0.1, -0.05) is 20.3 Å². The largest absolute Gasteiger partial charge is 0.394 e. The van der Waals surface area contributed by atoms with Crippen LogP contribution < -0.4 is 11.1 Å². The van der Waals surface area contributed by atoms with Crippen molar-refractivity contribution in [1.29, 1.82) is 0 Å². The van der Waals surface area contributed by atoms with Crippen LogP contribution in [0.4, 0.5) is 0 Å². The van der Waals surface area contributed by atoms with Crippen molar-refractivity contribution in [3.05, 3.63) is 0 Å². The maximum absolute atomic E-state index is 11.7. The molecule has 0 bridgehead atoms. The number of hydrogen-bond donors (Lipinski definition) is 6. The van der Waals surface area contributed by atoms with Crippen molar-refractivity contribution in [2.24, 2.45) is 11.7 Å². The van der Waals surface area contributed by atoms with E-state index in [1.54, 1.807) is 0 Å². The molecule has 0 saturated carbocycles. The minimum absolute atomic E-state index is 0.0346. The molecule has 0 aromatic heterocycles. The van der Waals surface area contributed by atoms with Crippen LogP contribution in [0.3, 0.4) is 0 Å². The zero-order chi connectivity index (χ0) is 21.7. The molecule has 1 rings (SSSR count).